The largest absolute Gasteiger partial charge is 0.352 e. The first kappa shape index (κ1) is 13.4. The van der Waals surface area contributed by atoms with Gasteiger partial charge in [-0.15, -0.1) is 0 Å². The Bertz CT molecular complexity index is 1070. The molecule has 0 fully saturated rings. The molecular weight excluding hydrogens is 292 g/mol. The van der Waals surface area contributed by atoms with Crippen LogP contribution in [0.1, 0.15) is 5.69 Å². The van der Waals surface area contributed by atoms with Crippen LogP contribution in [0, 0.1) is 17.0 Å². The number of para-hydroxylation sites is 2. The summed E-state index contributed by atoms with van der Waals surface area (Å²) in [5.41, 5.74) is 3.80. The van der Waals surface area contributed by atoms with Gasteiger partial charge < -0.3 is 4.98 Å². The van der Waals surface area contributed by atoms with Crippen molar-refractivity contribution in [2.45, 2.75) is 6.92 Å². The highest BCUT2D eigenvalue weighted by molar-refractivity contribution is 6.05. The first-order valence-corrected chi connectivity index (χ1v) is 7.14. The summed E-state index contributed by atoms with van der Waals surface area (Å²) in [7, 11) is 0. The van der Waals surface area contributed by atoms with Gasteiger partial charge in [0.15, 0.2) is 5.82 Å². The number of fused-ring (bicyclic) bond motifs is 3. The molecule has 0 saturated carbocycles. The first-order valence-electron chi connectivity index (χ1n) is 7.14. The van der Waals surface area contributed by atoms with Gasteiger partial charge in [-0.3, -0.25) is 10.1 Å². The van der Waals surface area contributed by atoms with Crippen molar-refractivity contribution in [1.82, 2.24) is 15.0 Å². The molecule has 6 nitrogen and oxygen atoms in total. The van der Waals surface area contributed by atoms with E-state index < -0.39 is 4.92 Å². The molecule has 0 aliphatic rings. The van der Waals surface area contributed by atoms with Crippen molar-refractivity contribution in [2.24, 2.45) is 0 Å². The van der Waals surface area contributed by atoms with Gasteiger partial charge in [0.1, 0.15) is 5.52 Å². The monoisotopic (exact) mass is 304 g/mol. The second-order valence-corrected chi connectivity index (χ2v) is 5.30. The molecule has 0 spiro atoms. The van der Waals surface area contributed by atoms with Gasteiger partial charge in [-0.05, 0) is 19.1 Å². The topological polar surface area (TPSA) is 84.7 Å². The molecule has 23 heavy (non-hydrogen) atoms. The molecule has 6 heteroatoms. The predicted octanol–water partition coefficient (Wildman–Crippen LogP) is 3.99. The van der Waals surface area contributed by atoms with E-state index in [2.05, 4.69) is 15.0 Å². The number of aryl methyl sites for hydroxylation is 1. The zero-order valence-corrected chi connectivity index (χ0v) is 12.3. The van der Waals surface area contributed by atoms with E-state index in [1.54, 1.807) is 18.2 Å². The van der Waals surface area contributed by atoms with Crippen molar-refractivity contribution in [3.8, 4) is 11.4 Å². The number of nitro groups is 1. The molecule has 0 saturated heterocycles. The Hall–Kier alpha value is -3.28. The fraction of sp³-hybridized carbons (Fsp3) is 0.0588. The fourth-order valence-corrected chi connectivity index (χ4v) is 2.79. The average Bonchev–Trinajstić information content (AvgIpc) is 2.94. The van der Waals surface area contributed by atoms with E-state index in [1.165, 1.54) is 6.07 Å². The number of aromatic nitrogens is 3. The molecule has 0 aliphatic carbocycles. The van der Waals surface area contributed by atoms with Gasteiger partial charge in [0.2, 0.25) is 0 Å². The summed E-state index contributed by atoms with van der Waals surface area (Å²) in [6.07, 6.45) is 0. The maximum Gasteiger partial charge on any atom is 0.280 e. The molecule has 0 unspecified atom stereocenters. The Labute approximate surface area is 131 Å². The molecule has 0 radical (unpaired) electrons. The second-order valence-electron chi connectivity index (χ2n) is 5.30. The third-order valence-corrected chi connectivity index (χ3v) is 3.87. The normalized spacial score (nSPS) is 11.2. The van der Waals surface area contributed by atoms with E-state index in [9.17, 15) is 10.1 Å². The van der Waals surface area contributed by atoms with E-state index in [4.69, 9.17) is 0 Å². The fourth-order valence-electron chi connectivity index (χ4n) is 2.79. The molecule has 1 N–H and O–H groups in total. The Balaban J connectivity index is 2.06. The SMILES string of the molecule is Cc1nc(-c2ccccc2[N+](=O)[O-])nc2c1[nH]c1ccccc12. The van der Waals surface area contributed by atoms with E-state index in [0.717, 1.165) is 27.6 Å². The van der Waals surface area contributed by atoms with E-state index in [0.29, 0.717) is 11.4 Å². The van der Waals surface area contributed by atoms with Crippen LogP contribution in [0.25, 0.3) is 33.3 Å². The Morgan fingerprint density at radius 3 is 2.61 bits per heavy atom. The standard InChI is InChI=1S/C17H12N4O2/c1-10-15-16(11-6-2-4-8-13(11)19-15)20-17(18-10)12-7-3-5-9-14(12)21(22)23/h2-9,19H,1H3. The van der Waals surface area contributed by atoms with Crippen molar-refractivity contribution < 1.29 is 4.92 Å². The highest BCUT2D eigenvalue weighted by Gasteiger charge is 2.19. The summed E-state index contributed by atoms with van der Waals surface area (Å²) in [6.45, 7) is 1.87. The Morgan fingerprint density at radius 2 is 1.78 bits per heavy atom. The van der Waals surface area contributed by atoms with Crippen LogP contribution < -0.4 is 0 Å². The molecule has 2 aromatic heterocycles. The van der Waals surface area contributed by atoms with Crippen LogP contribution in [0.3, 0.4) is 0 Å². The minimum atomic E-state index is -0.409. The maximum atomic E-state index is 11.2. The summed E-state index contributed by atoms with van der Waals surface area (Å²) in [5, 5.41) is 12.2. The lowest BCUT2D eigenvalue weighted by molar-refractivity contribution is -0.384. The minimum absolute atomic E-state index is 0.00564. The highest BCUT2D eigenvalue weighted by atomic mass is 16.6. The summed E-state index contributed by atoms with van der Waals surface area (Å²) in [6, 6.07) is 14.4. The van der Waals surface area contributed by atoms with E-state index >= 15 is 0 Å². The number of aromatic amines is 1. The predicted molar refractivity (Wildman–Crippen MR) is 88.2 cm³/mol. The van der Waals surface area contributed by atoms with Crippen molar-refractivity contribution in [3.05, 3.63) is 64.3 Å². The quantitative estimate of drug-likeness (QED) is 0.448. The Morgan fingerprint density at radius 1 is 1.04 bits per heavy atom. The lowest BCUT2D eigenvalue weighted by Crippen LogP contribution is -1.97. The van der Waals surface area contributed by atoms with Gasteiger partial charge in [0.05, 0.1) is 21.7 Å². The van der Waals surface area contributed by atoms with Gasteiger partial charge in [-0.2, -0.15) is 0 Å². The average molecular weight is 304 g/mol. The molecule has 112 valence electrons. The molecular formula is C17H12N4O2. The maximum absolute atomic E-state index is 11.2. The van der Waals surface area contributed by atoms with Gasteiger partial charge in [0, 0.05) is 17.0 Å². The zero-order valence-electron chi connectivity index (χ0n) is 12.3. The smallest absolute Gasteiger partial charge is 0.280 e. The summed E-state index contributed by atoms with van der Waals surface area (Å²) < 4.78 is 0. The van der Waals surface area contributed by atoms with Gasteiger partial charge in [0.25, 0.3) is 5.69 Å². The third-order valence-electron chi connectivity index (χ3n) is 3.87. The van der Waals surface area contributed by atoms with Crippen LogP contribution in [0.4, 0.5) is 5.69 Å². The van der Waals surface area contributed by atoms with Crippen LogP contribution in [-0.4, -0.2) is 19.9 Å². The number of H-pyrrole nitrogens is 1. The van der Waals surface area contributed by atoms with Crippen molar-refractivity contribution in [1.29, 1.82) is 0 Å². The first-order chi connectivity index (χ1) is 11.1. The molecule has 4 rings (SSSR count). The summed E-state index contributed by atoms with van der Waals surface area (Å²) >= 11 is 0. The zero-order chi connectivity index (χ0) is 16.0. The van der Waals surface area contributed by atoms with E-state index in [-0.39, 0.29) is 5.69 Å². The van der Waals surface area contributed by atoms with Gasteiger partial charge in [-0.1, -0.05) is 30.3 Å². The summed E-state index contributed by atoms with van der Waals surface area (Å²) in [5.74, 6) is 0.368. The number of hydrogen-bond donors (Lipinski definition) is 1. The van der Waals surface area contributed by atoms with Crippen LogP contribution in [0.15, 0.2) is 48.5 Å². The second kappa shape index (κ2) is 4.88. The van der Waals surface area contributed by atoms with Crippen LogP contribution in [0.2, 0.25) is 0 Å². The Kier molecular flexibility index (Phi) is 2.84. The van der Waals surface area contributed by atoms with Crippen molar-refractivity contribution in [2.75, 3.05) is 0 Å². The highest BCUT2D eigenvalue weighted by Crippen LogP contribution is 2.31. The number of nitro benzene ring substituents is 1. The number of hydrogen-bond acceptors (Lipinski definition) is 4. The molecule has 2 heterocycles. The van der Waals surface area contributed by atoms with Gasteiger partial charge >= 0.3 is 0 Å². The van der Waals surface area contributed by atoms with E-state index in [1.807, 2.05) is 31.2 Å². The molecule has 2 aromatic carbocycles. The van der Waals surface area contributed by atoms with Crippen molar-refractivity contribution in [3.63, 3.8) is 0 Å². The lowest BCUT2D eigenvalue weighted by atomic mass is 10.1. The van der Waals surface area contributed by atoms with Crippen LogP contribution in [0.5, 0.6) is 0 Å². The number of rotatable bonds is 2. The third kappa shape index (κ3) is 2.03. The number of nitrogens with zero attached hydrogens (tertiary/aromatic N) is 3. The minimum Gasteiger partial charge on any atom is -0.352 e. The molecule has 4 aromatic rings. The van der Waals surface area contributed by atoms with Crippen molar-refractivity contribution >= 4 is 27.6 Å². The summed E-state index contributed by atoms with van der Waals surface area (Å²) in [4.78, 5) is 23.2. The molecule has 0 amide bonds. The van der Waals surface area contributed by atoms with Crippen LogP contribution in [-0.2, 0) is 0 Å². The molecule has 0 aliphatic heterocycles. The number of nitrogens with one attached hydrogen (secondary N) is 1. The van der Waals surface area contributed by atoms with Crippen LogP contribution >= 0.6 is 0 Å². The molecule has 0 atom stereocenters. The number of benzene rings is 2. The van der Waals surface area contributed by atoms with Gasteiger partial charge in [-0.25, -0.2) is 9.97 Å². The molecule has 0 bridgehead atoms. The lowest BCUT2D eigenvalue weighted by Gasteiger charge is -2.04.